The number of H-pyrrole nitrogens is 1. The average molecular weight is 370 g/mol. The summed E-state index contributed by atoms with van der Waals surface area (Å²) in [6, 6.07) is 14.8. The predicted octanol–water partition coefficient (Wildman–Crippen LogP) is 2.81. The molecule has 2 aromatic carbocycles. The Balaban J connectivity index is 1.71. The Kier molecular flexibility index (Phi) is 5.25. The lowest BCUT2D eigenvalue weighted by molar-refractivity contribution is 0.580. The minimum Gasteiger partial charge on any atom is -0.321 e. The smallest absolute Gasteiger partial charge is 0.251 e. The number of pyridine rings is 1. The fraction of sp³-hybridized carbons (Fsp3) is 0.250. The van der Waals surface area contributed by atoms with Crippen LogP contribution in [0, 0.1) is 13.8 Å². The van der Waals surface area contributed by atoms with Gasteiger partial charge in [-0.05, 0) is 48.4 Å². The second kappa shape index (κ2) is 7.43. The molecule has 2 N–H and O–H groups in total. The molecule has 1 heterocycles. The van der Waals surface area contributed by atoms with E-state index in [1.807, 2.05) is 50.2 Å². The highest BCUT2D eigenvalue weighted by molar-refractivity contribution is 7.88. The Morgan fingerprint density at radius 1 is 1.04 bits per heavy atom. The van der Waals surface area contributed by atoms with Crippen LogP contribution in [0.2, 0.25) is 0 Å². The van der Waals surface area contributed by atoms with Crippen molar-refractivity contribution in [3.05, 3.63) is 81.1 Å². The topological polar surface area (TPSA) is 79.0 Å². The van der Waals surface area contributed by atoms with Crippen LogP contribution >= 0.6 is 0 Å². The van der Waals surface area contributed by atoms with E-state index in [1.54, 1.807) is 12.1 Å². The molecule has 0 saturated heterocycles. The van der Waals surface area contributed by atoms with Gasteiger partial charge < -0.3 is 4.98 Å². The minimum atomic E-state index is -3.43. The van der Waals surface area contributed by atoms with E-state index < -0.39 is 10.0 Å². The van der Waals surface area contributed by atoms with Crippen LogP contribution in [0.3, 0.4) is 0 Å². The maximum absolute atomic E-state index is 12.3. The van der Waals surface area contributed by atoms with Gasteiger partial charge in [0.15, 0.2) is 0 Å². The van der Waals surface area contributed by atoms with Gasteiger partial charge in [-0.1, -0.05) is 42.5 Å². The normalized spacial score (nSPS) is 11.8. The summed E-state index contributed by atoms with van der Waals surface area (Å²) in [6.45, 7) is 4.17. The third-order valence-corrected chi connectivity index (χ3v) is 5.90. The summed E-state index contributed by atoms with van der Waals surface area (Å²) in [5.74, 6) is -0.0691. The van der Waals surface area contributed by atoms with Gasteiger partial charge in [0, 0.05) is 12.1 Å². The molecule has 0 radical (unpaired) electrons. The average Bonchev–Trinajstić information content (AvgIpc) is 2.60. The molecule has 3 rings (SSSR count). The van der Waals surface area contributed by atoms with Crippen molar-refractivity contribution in [3.63, 3.8) is 0 Å². The van der Waals surface area contributed by atoms with Crippen LogP contribution in [0.1, 0.15) is 22.3 Å². The number of hydrogen-bond donors (Lipinski definition) is 2. The number of rotatable bonds is 6. The van der Waals surface area contributed by atoms with Gasteiger partial charge in [0.2, 0.25) is 10.0 Å². The quantitative estimate of drug-likeness (QED) is 0.700. The highest BCUT2D eigenvalue weighted by Crippen LogP contribution is 2.19. The number of hydrogen-bond acceptors (Lipinski definition) is 3. The van der Waals surface area contributed by atoms with E-state index in [4.69, 9.17) is 0 Å². The predicted molar refractivity (Wildman–Crippen MR) is 105 cm³/mol. The van der Waals surface area contributed by atoms with Gasteiger partial charge in [0.05, 0.1) is 11.3 Å². The molecule has 0 bridgehead atoms. The molecule has 0 amide bonds. The Labute approximate surface area is 153 Å². The van der Waals surface area contributed by atoms with Gasteiger partial charge in [-0.2, -0.15) is 0 Å². The Morgan fingerprint density at radius 2 is 1.77 bits per heavy atom. The van der Waals surface area contributed by atoms with Gasteiger partial charge in [0.1, 0.15) is 0 Å². The second-order valence-electron chi connectivity index (χ2n) is 6.48. The molecule has 0 fully saturated rings. The van der Waals surface area contributed by atoms with E-state index in [9.17, 15) is 13.2 Å². The lowest BCUT2D eigenvalue weighted by atomic mass is 10.0. The molecule has 0 aliphatic heterocycles. The fourth-order valence-corrected chi connectivity index (χ4v) is 4.09. The molecule has 0 atom stereocenters. The Hall–Kier alpha value is -2.44. The molecule has 0 unspecified atom stereocenters. The third-order valence-electron chi connectivity index (χ3n) is 4.54. The first-order valence-corrected chi connectivity index (χ1v) is 10.1. The van der Waals surface area contributed by atoms with Crippen LogP contribution in [-0.2, 0) is 22.2 Å². The fourth-order valence-electron chi connectivity index (χ4n) is 2.94. The lowest BCUT2D eigenvalue weighted by Gasteiger charge is -2.09. The summed E-state index contributed by atoms with van der Waals surface area (Å²) >= 11 is 0. The Morgan fingerprint density at radius 3 is 2.50 bits per heavy atom. The first-order valence-electron chi connectivity index (χ1n) is 8.49. The van der Waals surface area contributed by atoms with Crippen molar-refractivity contribution in [2.75, 3.05) is 6.54 Å². The highest BCUT2D eigenvalue weighted by atomic mass is 32.2. The van der Waals surface area contributed by atoms with Crippen molar-refractivity contribution in [1.82, 2.24) is 9.71 Å². The number of fused-ring (bicyclic) bond motifs is 1. The minimum absolute atomic E-state index is 0.0691. The summed E-state index contributed by atoms with van der Waals surface area (Å²) < 4.78 is 26.9. The van der Waals surface area contributed by atoms with Crippen molar-refractivity contribution < 1.29 is 8.42 Å². The van der Waals surface area contributed by atoms with Crippen molar-refractivity contribution in [2.24, 2.45) is 0 Å². The maximum Gasteiger partial charge on any atom is 0.251 e. The zero-order valence-corrected chi connectivity index (χ0v) is 15.7. The number of nitrogens with one attached hydrogen (secondary N) is 2. The van der Waals surface area contributed by atoms with Crippen molar-refractivity contribution in [1.29, 1.82) is 0 Å². The van der Waals surface area contributed by atoms with Gasteiger partial charge in [0.25, 0.3) is 5.56 Å². The van der Waals surface area contributed by atoms with Crippen molar-refractivity contribution in [3.8, 4) is 0 Å². The van der Waals surface area contributed by atoms with E-state index in [0.717, 1.165) is 27.6 Å². The molecule has 3 aromatic rings. The standard InChI is InChI=1S/C20H22N2O3S/c1-14-8-9-17-12-18(20(23)22-19(17)15(14)2)10-11-21-26(24,25)13-16-6-4-3-5-7-16/h3-9,12,21H,10-11,13H2,1-2H3,(H,22,23). The Bertz CT molecular complexity index is 1090. The van der Waals surface area contributed by atoms with Crippen molar-refractivity contribution in [2.45, 2.75) is 26.0 Å². The zero-order valence-electron chi connectivity index (χ0n) is 14.9. The molecule has 6 heteroatoms. The maximum atomic E-state index is 12.3. The van der Waals surface area contributed by atoms with Gasteiger partial charge in [-0.3, -0.25) is 4.79 Å². The third kappa shape index (κ3) is 4.20. The molecule has 5 nitrogen and oxygen atoms in total. The summed E-state index contributed by atoms with van der Waals surface area (Å²) in [5.41, 5.74) is 4.14. The molecule has 0 saturated carbocycles. The van der Waals surface area contributed by atoms with Crippen LogP contribution in [0.15, 0.2) is 53.3 Å². The van der Waals surface area contributed by atoms with E-state index in [-0.39, 0.29) is 17.9 Å². The van der Waals surface area contributed by atoms with Crippen LogP contribution in [0.25, 0.3) is 10.9 Å². The van der Waals surface area contributed by atoms with Crippen LogP contribution in [0.4, 0.5) is 0 Å². The molecule has 26 heavy (non-hydrogen) atoms. The molecule has 1 aromatic heterocycles. The van der Waals surface area contributed by atoms with E-state index in [1.165, 1.54) is 0 Å². The number of aryl methyl sites for hydroxylation is 2. The molecular weight excluding hydrogens is 348 g/mol. The lowest BCUT2D eigenvalue weighted by Crippen LogP contribution is -2.28. The van der Waals surface area contributed by atoms with E-state index in [0.29, 0.717) is 12.0 Å². The SMILES string of the molecule is Cc1ccc2cc(CCNS(=O)(=O)Cc3ccccc3)c(=O)[nH]c2c1C. The summed E-state index contributed by atoms with van der Waals surface area (Å²) in [6.07, 6.45) is 0.340. The van der Waals surface area contributed by atoms with Crippen LogP contribution < -0.4 is 10.3 Å². The number of aromatic nitrogens is 1. The molecular formula is C20H22N2O3S. The summed E-state index contributed by atoms with van der Waals surface area (Å²) in [4.78, 5) is 15.2. The largest absolute Gasteiger partial charge is 0.321 e. The first kappa shape index (κ1) is 18.4. The zero-order chi connectivity index (χ0) is 18.7. The van der Waals surface area contributed by atoms with E-state index in [2.05, 4.69) is 9.71 Å². The van der Waals surface area contributed by atoms with Crippen LogP contribution in [0.5, 0.6) is 0 Å². The number of benzene rings is 2. The summed E-state index contributed by atoms with van der Waals surface area (Å²) in [7, 11) is -3.43. The number of sulfonamides is 1. The number of aromatic amines is 1. The van der Waals surface area contributed by atoms with Gasteiger partial charge in [-0.25, -0.2) is 13.1 Å². The monoisotopic (exact) mass is 370 g/mol. The second-order valence-corrected chi connectivity index (χ2v) is 8.29. The van der Waals surface area contributed by atoms with Gasteiger partial charge >= 0.3 is 0 Å². The first-order chi connectivity index (χ1) is 12.4. The molecule has 0 aliphatic rings. The van der Waals surface area contributed by atoms with Gasteiger partial charge in [-0.15, -0.1) is 0 Å². The highest BCUT2D eigenvalue weighted by Gasteiger charge is 2.12. The molecule has 0 spiro atoms. The molecule has 136 valence electrons. The van der Waals surface area contributed by atoms with E-state index >= 15 is 0 Å². The summed E-state index contributed by atoms with van der Waals surface area (Å²) in [5, 5.41) is 0.954. The molecule has 0 aliphatic carbocycles. The van der Waals surface area contributed by atoms with Crippen LogP contribution in [-0.4, -0.2) is 19.9 Å². The van der Waals surface area contributed by atoms with Crippen molar-refractivity contribution >= 4 is 20.9 Å².